The minimum absolute atomic E-state index is 0.193. The van der Waals surface area contributed by atoms with Gasteiger partial charge in [0, 0.05) is 25.7 Å². The lowest BCUT2D eigenvalue weighted by molar-refractivity contribution is -0.148. The average Bonchev–Trinajstić information content (AvgIpc) is 3.21. The van der Waals surface area contributed by atoms with Gasteiger partial charge in [0.1, 0.15) is 6.04 Å². The Labute approximate surface area is 195 Å². The van der Waals surface area contributed by atoms with E-state index < -0.39 is 17.9 Å². The fraction of sp³-hybridized carbons (Fsp3) is 0.423. The number of amides is 2. The molecule has 0 radical (unpaired) electrons. The van der Waals surface area contributed by atoms with Crippen LogP contribution in [0.2, 0.25) is 0 Å². The molecule has 0 aliphatic carbocycles. The van der Waals surface area contributed by atoms with E-state index >= 15 is 0 Å². The van der Waals surface area contributed by atoms with Crippen molar-refractivity contribution in [1.29, 1.82) is 0 Å². The molecular weight excluding hydrogens is 420 g/mol. The van der Waals surface area contributed by atoms with E-state index in [0.717, 1.165) is 11.1 Å². The SMILES string of the molecule is CCOC(=O)C(CCc1ccccc1)CN(C)C(=O)N1c2ccccc2C[C@H]1C(=O)OCC. The third-order valence-electron chi connectivity index (χ3n) is 5.81. The van der Waals surface area contributed by atoms with Gasteiger partial charge < -0.3 is 14.4 Å². The maximum atomic E-state index is 13.5. The average molecular weight is 453 g/mol. The summed E-state index contributed by atoms with van der Waals surface area (Å²) < 4.78 is 10.5. The summed E-state index contributed by atoms with van der Waals surface area (Å²) in [6, 6.07) is 16.3. The van der Waals surface area contributed by atoms with E-state index in [1.807, 2.05) is 54.6 Å². The van der Waals surface area contributed by atoms with Crippen LogP contribution in [0.3, 0.4) is 0 Å². The largest absolute Gasteiger partial charge is 0.466 e. The summed E-state index contributed by atoms with van der Waals surface area (Å²) in [5.74, 6) is -1.23. The van der Waals surface area contributed by atoms with E-state index in [1.165, 1.54) is 9.80 Å². The summed E-state index contributed by atoms with van der Waals surface area (Å²) in [6.07, 6.45) is 1.66. The first-order valence-electron chi connectivity index (χ1n) is 11.5. The van der Waals surface area contributed by atoms with Gasteiger partial charge in [0.05, 0.1) is 19.1 Å². The molecule has 0 spiro atoms. The van der Waals surface area contributed by atoms with Crippen LogP contribution in [0.25, 0.3) is 0 Å². The van der Waals surface area contributed by atoms with E-state index in [-0.39, 0.29) is 31.8 Å². The molecule has 3 rings (SSSR count). The van der Waals surface area contributed by atoms with Gasteiger partial charge in [0.15, 0.2) is 0 Å². The van der Waals surface area contributed by atoms with Crippen molar-refractivity contribution in [2.24, 2.45) is 5.92 Å². The van der Waals surface area contributed by atoms with E-state index in [0.29, 0.717) is 24.9 Å². The lowest BCUT2D eigenvalue weighted by Gasteiger charge is -2.30. The van der Waals surface area contributed by atoms with E-state index in [2.05, 4.69) is 0 Å². The number of fused-ring (bicyclic) bond motifs is 1. The highest BCUT2D eigenvalue weighted by Gasteiger charge is 2.41. The molecule has 0 fully saturated rings. The molecule has 7 heteroatoms. The predicted molar refractivity (Wildman–Crippen MR) is 126 cm³/mol. The van der Waals surface area contributed by atoms with Gasteiger partial charge in [0.25, 0.3) is 0 Å². The second-order valence-corrected chi connectivity index (χ2v) is 8.11. The number of nitrogens with zero attached hydrogens (tertiary/aromatic N) is 2. The molecule has 1 aliphatic heterocycles. The molecule has 2 aromatic rings. The van der Waals surface area contributed by atoms with E-state index in [1.54, 1.807) is 20.9 Å². The number of aryl methyl sites for hydroxylation is 1. The van der Waals surface area contributed by atoms with E-state index in [4.69, 9.17) is 9.47 Å². The molecule has 0 saturated carbocycles. The fourth-order valence-corrected chi connectivity index (χ4v) is 4.17. The first kappa shape index (κ1) is 24.3. The molecule has 0 bridgehead atoms. The number of ether oxygens (including phenoxy) is 2. The third kappa shape index (κ3) is 5.92. The summed E-state index contributed by atoms with van der Waals surface area (Å²) in [7, 11) is 1.65. The van der Waals surface area contributed by atoms with Crippen molar-refractivity contribution in [2.75, 3.05) is 31.7 Å². The smallest absolute Gasteiger partial charge is 0.329 e. The van der Waals surface area contributed by atoms with Crippen LogP contribution in [-0.4, -0.2) is 55.7 Å². The topological polar surface area (TPSA) is 76.2 Å². The fourth-order valence-electron chi connectivity index (χ4n) is 4.17. The Balaban J connectivity index is 1.76. The molecule has 2 atom stereocenters. The maximum absolute atomic E-state index is 13.5. The Kier molecular flexibility index (Phi) is 8.46. The molecule has 0 N–H and O–H groups in total. The van der Waals surface area contributed by atoms with Gasteiger partial charge in [-0.1, -0.05) is 48.5 Å². The Bertz CT molecular complexity index is 962. The highest BCUT2D eigenvalue weighted by molar-refractivity contribution is 6.01. The molecule has 1 heterocycles. The van der Waals surface area contributed by atoms with Crippen LogP contribution in [0, 0.1) is 5.92 Å². The molecule has 0 saturated heterocycles. The van der Waals surface area contributed by atoms with Crippen LogP contribution in [-0.2, 0) is 31.9 Å². The van der Waals surface area contributed by atoms with Crippen molar-refractivity contribution < 1.29 is 23.9 Å². The van der Waals surface area contributed by atoms with Crippen LogP contribution in [0.4, 0.5) is 10.5 Å². The van der Waals surface area contributed by atoms with Crippen molar-refractivity contribution in [3.05, 3.63) is 65.7 Å². The number of urea groups is 1. The minimum Gasteiger partial charge on any atom is -0.466 e. The third-order valence-corrected chi connectivity index (χ3v) is 5.81. The van der Waals surface area contributed by atoms with Crippen LogP contribution >= 0.6 is 0 Å². The Hall–Kier alpha value is -3.35. The second-order valence-electron chi connectivity index (χ2n) is 8.11. The molecule has 0 aromatic heterocycles. The standard InChI is InChI=1S/C26H32N2O5/c1-4-32-24(29)21(16-15-19-11-7-6-8-12-19)18-27(3)26(31)28-22-14-10-9-13-20(22)17-23(28)25(30)33-5-2/h6-14,21,23H,4-5,15-18H2,1-3H3/t21?,23-/m0/s1. The first-order chi connectivity index (χ1) is 16.0. The predicted octanol–water partition coefficient (Wildman–Crippen LogP) is 3.84. The lowest BCUT2D eigenvalue weighted by Crippen LogP contribution is -2.50. The van der Waals surface area contributed by atoms with Gasteiger partial charge >= 0.3 is 18.0 Å². The maximum Gasteiger partial charge on any atom is 0.329 e. The zero-order chi connectivity index (χ0) is 23.8. The van der Waals surface area contributed by atoms with Crippen molar-refractivity contribution >= 4 is 23.7 Å². The van der Waals surface area contributed by atoms with Crippen molar-refractivity contribution in [3.63, 3.8) is 0 Å². The summed E-state index contributed by atoms with van der Waals surface area (Å²) in [6.45, 7) is 4.23. The van der Waals surface area contributed by atoms with Gasteiger partial charge in [0.2, 0.25) is 0 Å². The van der Waals surface area contributed by atoms with Crippen molar-refractivity contribution in [2.45, 2.75) is 39.2 Å². The molecular formula is C26H32N2O5. The molecule has 1 aliphatic rings. The number of hydrogen-bond acceptors (Lipinski definition) is 5. The highest BCUT2D eigenvalue weighted by Crippen LogP contribution is 2.33. The Morgan fingerprint density at radius 3 is 2.36 bits per heavy atom. The molecule has 2 amide bonds. The summed E-state index contributed by atoms with van der Waals surface area (Å²) in [5.41, 5.74) is 2.74. The monoisotopic (exact) mass is 452 g/mol. The highest BCUT2D eigenvalue weighted by atomic mass is 16.5. The van der Waals surface area contributed by atoms with Gasteiger partial charge in [-0.25, -0.2) is 9.59 Å². The van der Waals surface area contributed by atoms with Crippen LogP contribution in [0.1, 0.15) is 31.4 Å². The Morgan fingerprint density at radius 1 is 1.00 bits per heavy atom. The zero-order valence-electron chi connectivity index (χ0n) is 19.5. The zero-order valence-corrected chi connectivity index (χ0v) is 19.5. The number of hydrogen-bond donors (Lipinski definition) is 0. The minimum atomic E-state index is -0.720. The molecule has 176 valence electrons. The summed E-state index contributed by atoms with van der Waals surface area (Å²) in [5, 5.41) is 0. The summed E-state index contributed by atoms with van der Waals surface area (Å²) in [4.78, 5) is 41.8. The van der Waals surface area contributed by atoms with Gasteiger partial charge in [-0.15, -0.1) is 0 Å². The van der Waals surface area contributed by atoms with Crippen molar-refractivity contribution in [1.82, 2.24) is 4.90 Å². The number of rotatable bonds is 9. The van der Waals surface area contributed by atoms with E-state index in [9.17, 15) is 14.4 Å². The second kappa shape index (κ2) is 11.5. The quantitative estimate of drug-likeness (QED) is 0.540. The summed E-state index contributed by atoms with van der Waals surface area (Å²) >= 11 is 0. The number of carbonyl (C=O) groups is 3. The number of benzene rings is 2. The molecule has 2 aromatic carbocycles. The first-order valence-corrected chi connectivity index (χ1v) is 11.5. The normalized spacial score (nSPS) is 15.5. The number of para-hydroxylation sites is 1. The lowest BCUT2D eigenvalue weighted by atomic mass is 9.99. The van der Waals surface area contributed by atoms with Gasteiger partial charge in [-0.05, 0) is 43.9 Å². The van der Waals surface area contributed by atoms with Crippen LogP contribution < -0.4 is 4.90 Å². The van der Waals surface area contributed by atoms with Crippen LogP contribution in [0.15, 0.2) is 54.6 Å². The number of anilines is 1. The molecule has 7 nitrogen and oxygen atoms in total. The number of carbonyl (C=O) groups excluding carboxylic acids is 3. The van der Waals surface area contributed by atoms with Gasteiger partial charge in [-0.2, -0.15) is 0 Å². The van der Waals surface area contributed by atoms with Gasteiger partial charge in [-0.3, -0.25) is 9.69 Å². The van der Waals surface area contributed by atoms with Crippen LogP contribution in [0.5, 0.6) is 0 Å². The Morgan fingerprint density at radius 2 is 1.67 bits per heavy atom. The van der Waals surface area contributed by atoms with Crippen molar-refractivity contribution in [3.8, 4) is 0 Å². The molecule has 33 heavy (non-hydrogen) atoms. The molecule has 1 unspecified atom stereocenters. The number of esters is 2.